The van der Waals surface area contributed by atoms with Gasteiger partial charge in [0.15, 0.2) is 5.75 Å². The van der Waals surface area contributed by atoms with E-state index in [9.17, 15) is 13.2 Å². The number of hydrogen-bond donors (Lipinski definition) is 3. The third-order valence-corrected chi connectivity index (χ3v) is 5.31. The Morgan fingerprint density at radius 1 is 0.893 bits per heavy atom. The molecule has 142 valence electrons. The maximum Gasteiger partial charge on any atom is 0.323 e. The van der Waals surface area contributed by atoms with Gasteiger partial charge in [0.05, 0.1) is 17.0 Å². The van der Waals surface area contributed by atoms with Crippen LogP contribution >= 0.6 is 0 Å². The summed E-state index contributed by atoms with van der Waals surface area (Å²) in [7, 11) is -3.57. The summed E-state index contributed by atoms with van der Waals surface area (Å²) in [6.45, 7) is 0. The molecule has 1 heterocycles. The summed E-state index contributed by atoms with van der Waals surface area (Å²) in [4.78, 5) is 16.9. The second kappa shape index (κ2) is 7.24. The Hall–Kier alpha value is -3.52. The number of rotatable bonds is 6. The van der Waals surface area contributed by atoms with Gasteiger partial charge in [-0.1, -0.05) is 42.5 Å². The van der Waals surface area contributed by atoms with Gasteiger partial charge in [-0.15, -0.1) is 0 Å². The van der Waals surface area contributed by atoms with Crippen molar-refractivity contribution in [3.8, 4) is 11.5 Å². The topological polar surface area (TPSA) is 104 Å². The van der Waals surface area contributed by atoms with Gasteiger partial charge >= 0.3 is 5.69 Å². The molecule has 28 heavy (non-hydrogen) atoms. The quantitative estimate of drug-likeness (QED) is 0.464. The second-order valence-corrected chi connectivity index (χ2v) is 7.96. The Labute approximate surface area is 161 Å². The van der Waals surface area contributed by atoms with Crippen LogP contribution in [0.5, 0.6) is 11.5 Å². The van der Waals surface area contributed by atoms with Crippen LogP contribution in [0.25, 0.3) is 11.0 Å². The summed E-state index contributed by atoms with van der Waals surface area (Å²) in [6, 6.07) is 20.8. The van der Waals surface area contributed by atoms with E-state index in [0.717, 1.165) is 0 Å². The van der Waals surface area contributed by atoms with E-state index in [2.05, 4.69) is 14.7 Å². The van der Waals surface area contributed by atoms with E-state index in [1.165, 1.54) is 0 Å². The smallest absolute Gasteiger partial charge is 0.323 e. The fourth-order valence-corrected chi connectivity index (χ4v) is 4.07. The van der Waals surface area contributed by atoms with Gasteiger partial charge in [-0.25, -0.2) is 13.2 Å². The molecule has 4 aromatic rings. The highest BCUT2D eigenvalue weighted by Crippen LogP contribution is 2.29. The molecule has 0 aliphatic rings. The molecule has 0 saturated carbocycles. The largest absolute Gasteiger partial charge is 0.455 e. The molecule has 0 aliphatic heterocycles. The molecule has 3 aromatic carbocycles. The summed E-state index contributed by atoms with van der Waals surface area (Å²) in [5, 5.41) is 0. The van der Waals surface area contributed by atoms with Crippen LogP contribution in [-0.2, 0) is 15.8 Å². The molecule has 4 rings (SSSR count). The van der Waals surface area contributed by atoms with Crippen molar-refractivity contribution in [2.75, 3.05) is 4.72 Å². The lowest BCUT2D eigenvalue weighted by Crippen LogP contribution is -2.15. The molecule has 0 spiro atoms. The Kier molecular flexibility index (Phi) is 4.62. The maximum absolute atomic E-state index is 12.4. The summed E-state index contributed by atoms with van der Waals surface area (Å²) in [5.41, 5.74) is 1.94. The molecule has 0 aliphatic carbocycles. The van der Waals surface area contributed by atoms with E-state index < -0.39 is 10.0 Å². The van der Waals surface area contributed by atoms with E-state index in [1.807, 2.05) is 6.07 Å². The first-order chi connectivity index (χ1) is 13.5. The molecular formula is C20H17N3O4S. The number of H-pyrrole nitrogens is 2. The summed E-state index contributed by atoms with van der Waals surface area (Å²) < 4.78 is 33.3. The molecule has 0 unspecified atom stereocenters. The fourth-order valence-electron chi connectivity index (χ4n) is 2.88. The van der Waals surface area contributed by atoms with Crippen molar-refractivity contribution in [1.29, 1.82) is 0 Å². The second-order valence-electron chi connectivity index (χ2n) is 6.23. The zero-order valence-electron chi connectivity index (χ0n) is 14.7. The predicted molar refractivity (Wildman–Crippen MR) is 108 cm³/mol. The highest BCUT2D eigenvalue weighted by Gasteiger charge is 2.13. The van der Waals surface area contributed by atoms with Crippen LogP contribution in [0, 0.1) is 0 Å². The number of nitrogens with one attached hydrogen (secondary N) is 3. The Balaban J connectivity index is 1.55. The highest BCUT2D eigenvalue weighted by atomic mass is 32.2. The Morgan fingerprint density at radius 3 is 2.50 bits per heavy atom. The van der Waals surface area contributed by atoms with Gasteiger partial charge in [-0.05, 0) is 29.8 Å². The lowest BCUT2D eigenvalue weighted by Gasteiger charge is -2.11. The van der Waals surface area contributed by atoms with Crippen molar-refractivity contribution in [2.24, 2.45) is 0 Å². The molecule has 7 nitrogen and oxygen atoms in total. The van der Waals surface area contributed by atoms with E-state index in [4.69, 9.17) is 4.74 Å². The molecule has 0 bridgehead atoms. The number of aromatic amines is 2. The van der Waals surface area contributed by atoms with E-state index in [-0.39, 0.29) is 11.4 Å². The van der Waals surface area contributed by atoms with Gasteiger partial charge in [0.2, 0.25) is 10.0 Å². The number of benzene rings is 3. The third kappa shape index (κ3) is 4.07. The first-order valence-electron chi connectivity index (χ1n) is 8.52. The number of imidazole rings is 1. The molecule has 0 saturated heterocycles. The van der Waals surface area contributed by atoms with Crippen molar-refractivity contribution in [3.05, 3.63) is 88.8 Å². The summed E-state index contributed by atoms with van der Waals surface area (Å²) in [6.07, 6.45) is 0. The number of ether oxygens (including phenoxy) is 1. The molecule has 0 amide bonds. The fraction of sp³-hybridized carbons (Fsp3) is 0.0500. The average Bonchev–Trinajstić information content (AvgIpc) is 3.03. The number of para-hydroxylation sites is 1. The number of anilines is 1. The third-order valence-electron chi connectivity index (χ3n) is 4.05. The van der Waals surface area contributed by atoms with Gasteiger partial charge in [-0.2, -0.15) is 0 Å². The van der Waals surface area contributed by atoms with Crippen molar-refractivity contribution in [3.63, 3.8) is 0 Å². The van der Waals surface area contributed by atoms with Crippen LogP contribution in [0.15, 0.2) is 77.6 Å². The average molecular weight is 395 g/mol. The minimum atomic E-state index is -3.57. The normalized spacial score (nSPS) is 11.4. The standard InChI is InChI=1S/C20H17N3O4S/c24-20-21-17-10-5-11-18(19(17)22-20)27-16-9-4-8-15(12-16)23-28(25,26)13-14-6-2-1-3-7-14/h1-12,23H,13H2,(H2,21,22,24). The zero-order chi connectivity index (χ0) is 19.6. The van der Waals surface area contributed by atoms with Crippen LogP contribution < -0.4 is 15.1 Å². The van der Waals surface area contributed by atoms with Crippen LogP contribution in [0.4, 0.5) is 5.69 Å². The molecule has 0 radical (unpaired) electrons. The Morgan fingerprint density at radius 2 is 1.68 bits per heavy atom. The highest BCUT2D eigenvalue weighted by molar-refractivity contribution is 7.91. The van der Waals surface area contributed by atoms with Crippen molar-refractivity contribution in [1.82, 2.24) is 9.97 Å². The van der Waals surface area contributed by atoms with Gasteiger partial charge in [0.1, 0.15) is 11.3 Å². The first-order valence-corrected chi connectivity index (χ1v) is 10.2. The van der Waals surface area contributed by atoms with Gasteiger partial charge in [-0.3, -0.25) is 4.72 Å². The van der Waals surface area contributed by atoms with Crippen LogP contribution in [0.2, 0.25) is 0 Å². The lowest BCUT2D eigenvalue weighted by atomic mass is 10.2. The number of fused-ring (bicyclic) bond motifs is 1. The number of hydrogen-bond acceptors (Lipinski definition) is 4. The summed E-state index contributed by atoms with van der Waals surface area (Å²) in [5.74, 6) is 0.776. The van der Waals surface area contributed by atoms with Gasteiger partial charge < -0.3 is 14.7 Å². The van der Waals surface area contributed by atoms with E-state index in [1.54, 1.807) is 66.7 Å². The molecular weight excluding hydrogens is 378 g/mol. The predicted octanol–water partition coefficient (Wildman–Crippen LogP) is 3.59. The van der Waals surface area contributed by atoms with Crippen LogP contribution in [-0.4, -0.2) is 18.4 Å². The molecule has 8 heteroatoms. The van der Waals surface area contributed by atoms with Crippen LogP contribution in [0.3, 0.4) is 0 Å². The minimum Gasteiger partial charge on any atom is -0.455 e. The van der Waals surface area contributed by atoms with E-state index in [0.29, 0.717) is 33.8 Å². The molecule has 0 atom stereocenters. The monoisotopic (exact) mass is 395 g/mol. The lowest BCUT2D eigenvalue weighted by molar-refractivity contribution is 0.487. The van der Waals surface area contributed by atoms with E-state index >= 15 is 0 Å². The maximum atomic E-state index is 12.4. The Bertz CT molecular complexity index is 1280. The first kappa shape index (κ1) is 17.9. The minimum absolute atomic E-state index is 0.122. The van der Waals surface area contributed by atoms with Crippen molar-refractivity contribution < 1.29 is 13.2 Å². The number of sulfonamides is 1. The number of aromatic nitrogens is 2. The molecule has 0 fully saturated rings. The SMILES string of the molecule is O=c1[nH]c2cccc(Oc3cccc(NS(=O)(=O)Cc4ccccc4)c3)c2[nH]1. The van der Waals surface area contributed by atoms with Crippen LogP contribution in [0.1, 0.15) is 5.56 Å². The molecule has 3 N–H and O–H groups in total. The summed E-state index contributed by atoms with van der Waals surface area (Å²) >= 11 is 0. The zero-order valence-corrected chi connectivity index (χ0v) is 15.5. The molecule has 1 aromatic heterocycles. The van der Waals surface area contributed by atoms with Crippen molar-refractivity contribution in [2.45, 2.75) is 5.75 Å². The van der Waals surface area contributed by atoms with Crippen molar-refractivity contribution >= 4 is 26.7 Å². The van der Waals surface area contributed by atoms with Gasteiger partial charge in [0, 0.05) is 6.07 Å². The van der Waals surface area contributed by atoms with Gasteiger partial charge in [0.25, 0.3) is 0 Å².